The van der Waals surface area contributed by atoms with Crippen LogP contribution in [0.2, 0.25) is 0 Å². The molecule has 1 saturated heterocycles. The maximum absolute atomic E-state index is 5.35. The van der Waals surface area contributed by atoms with E-state index in [1.165, 1.54) is 25.9 Å². The molecule has 88 valence electrons. The first kappa shape index (κ1) is 12.5. The molecule has 0 saturated carbocycles. The van der Waals surface area contributed by atoms with Gasteiger partial charge in [-0.3, -0.25) is 0 Å². The number of hydrogen-bond acceptors (Lipinski definition) is 3. The molecule has 1 rings (SSSR count). The third kappa shape index (κ3) is 5.19. The highest BCUT2D eigenvalue weighted by Crippen LogP contribution is 2.17. The van der Waals surface area contributed by atoms with Gasteiger partial charge < -0.3 is 14.4 Å². The summed E-state index contributed by atoms with van der Waals surface area (Å²) in [5, 5.41) is 0. The molecule has 0 aromatic carbocycles. The van der Waals surface area contributed by atoms with Crippen LogP contribution in [0.4, 0.5) is 0 Å². The van der Waals surface area contributed by atoms with E-state index in [2.05, 4.69) is 11.5 Å². The van der Waals surface area contributed by atoms with Crippen LogP contribution in [-0.2, 0) is 9.47 Å². The Balaban J connectivity index is 2.04. The molecule has 3 heteroatoms. The molecular weight excluding hydrogens is 190 g/mol. The minimum Gasteiger partial charge on any atom is -0.502 e. The van der Waals surface area contributed by atoms with Crippen molar-refractivity contribution in [3.8, 4) is 0 Å². The molecule has 1 fully saturated rings. The van der Waals surface area contributed by atoms with Gasteiger partial charge in [-0.15, -0.1) is 0 Å². The number of nitrogens with zero attached hydrogens (tertiary/aromatic N) is 1. The monoisotopic (exact) mass is 213 g/mol. The molecule has 0 unspecified atom stereocenters. The summed E-state index contributed by atoms with van der Waals surface area (Å²) in [6.07, 6.45) is 4.02. The van der Waals surface area contributed by atoms with Crippen molar-refractivity contribution in [1.29, 1.82) is 0 Å². The molecule has 1 heterocycles. The highest BCUT2D eigenvalue weighted by atomic mass is 16.5. The Morgan fingerprint density at radius 2 is 2.13 bits per heavy atom. The van der Waals surface area contributed by atoms with Crippen molar-refractivity contribution in [1.82, 2.24) is 4.90 Å². The zero-order valence-electron chi connectivity index (χ0n) is 9.78. The second-order valence-electron chi connectivity index (χ2n) is 3.98. The van der Waals surface area contributed by atoms with Crippen molar-refractivity contribution in [2.75, 3.05) is 39.5 Å². The molecule has 0 amide bonds. The SMILES string of the molecule is C=COCC1CCN(CCOCC)CC1. The molecule has 0 atom stereocenters. The normalized spacial score (nSPS) is 19.0. The van der Waals surface area contributed by atoms with Gasteiger partial charge in [-0.2, -0.15) is 0 Å². The summed E-state index contributed by atoms with van der Waals surface area (Å²) in [5.41, 5.74) is 0. The molecule has 1 aliphatic heterocycles. The van der Waals surface area contributed by atoms with E-state index in [9.17, 15) is 0 Å². The fourth-order valence-electron chi connectivity index (χ4n) is 1.92. The van der Waals surface area contributed by atoms with Crippen molar-refractivity contribution in [2.45, 2.75) is 19.8 Å². The topological polar surface area (TPSA) is 21.7 Å². The van der Waals surface area contributed by atoms with Crippen molar-refractivity contribution < 1.29 is 9.47 Å². The number of piperidine rings is 1. The Morgan fingerprint density at radius 1 is 1.40 bits per heavy atom. The van der Waals surface area contributed by atoms with Gasteiger partial charge in [0.2, 0.25) is 0 Å². The van der Waals surface area contributed by atoms with Gasteiger partial charge >= 0.3 is 0 Å². The van der Waals surface area contributed by atoms with E-state index >= 15 is 0 Å². The van der Waals surface area contributed by atoms with E-state index in [0.717, 1.165) is 26.4 Å². The fraction of sp³-hybridized carbons (Fsp3) is 0.833. The van der Waals surface area contributed by atoms with E-state index in [4.69, 9.17) is 9.47 Å². The lowest BCUT2D eigenvalue weighted by molar-refractivity contribution is 0.0809. The summed E-state index contributed by atoms with van der Waals surface area (Å²) >= 11 is 0. The van der Waals surface area contributed by atoms with Crippen molar-refractivity contribution in [3.63, 3.8) is 0 Å². The maximum atomic E-state index is 5.35. The van der Waals surface area contributed by atoms with Gasteiger partial charge in [0, 0.05) is 13.2 Å². The summed E-state index contributed by atoms with van der Waals surface area (Å²) in [7, 11) is 0. The Kier molecular flexibility index (Phi) is 6.44. The Bertz CT molecular complexity index is 165. The quantitative estimate of drug-likeness (QED) is 0.476. The van der Waals surface area contributed by atoms with Crippen LogP contribution in [0.15, 0.2) is 12.8 Å². The number of likely N-dealkylation sites (tertiary alicyclic amines) is 1. The van der Waals surface area contributed by atoms with Crippen molar-refractivity contribution >= 4 is 0 Å². The van der Waals surface area contributed by atoms with Crippen LogP contribution in [0.5, 0.6) is 0 Å². The molecule has 0 bridgehead atoms. The maximum Gasteiger partial charge on any atom is 0.0902 e. The van der Waals surface area contributed by atoms with Crippen LogP contribution in [0.25, 0.3) is 0 Å². The summed E-state index contributed by atoms with van der Waals surface area (Å²) in [4.78, 5) is 2.47. The van der Waals surface area contributed by atoms with E-state index in [0.29, 0.717) is 5.92 Å². The van der Waals surface area contributed by atoms with E-state index in [-0.39, 0.29) is 0 Å². The predicted octanol–water partition coefficient (Wildman–Crippen LogP) is 1.90. The molecule has 15 heavy (non-hydrogen) atoms. The predicted molar refractivity (Wildman–Crippen MR) is 61.8 cm³/mol. The number of rotatable bonds is 7. The third-order valence-electron chi connectivity index (χ3n) is 2.91. The summed E-state index contributed by atoms with van der Waals surface area (Å²) in [6, 6.07) is 0. The second kappa shape index (κ2) is 7.71. The molecule has 1 aliphatic rings. The first-order valence-electron chi connectivity index (χ1n) is 5.89. The zero-order valence-corrected chi connectivity index (χ0v) is 9.78. The molecule has 0 radical (unpaired) electrons. The number of hydrogen-bond donors (Lipinski definition) is 0. The lowest BCUT2D eigenvalue weighted by atomic mass is 9.98. The lowest BCUT2D eigenvalue weighted by Gasteiger charge is -2.31. The first-order chi connectivity index (χ1) is 7.36. The van der Waals surface area contributed by atoms with Crippen molar-refractivity contribution in [2.24, 2.45) is 5.92 Å². The Labute approximate surface area is 93.0 Å². The summed E-state index contributed by atoms with van der Waals surface area (Å²) < 4.78 is 10.6. The van der Waals surface area contributed by atoms with Crippen LogP contribution in [-0.4, -0.2) is 44.4 Å². The molecule has 0 spiro atoms. The fourth-order valence-corrected chi connectivity index (χ4v) is 1.92. The number of ether oxygens (including phenoxy) is 2. The molecule has 3 nitrogen and oxygen atoms in total. The average Bonchev–Trinajstić information content (AvgIpc) is 2.28. The lowest BCUT2D eigenvalue weighted by Crippen LogP contribution is -2.37. The average molecular weight is 213 g/mol. The van der Waals surface area contributed by atoms with Gasteiger partial charge in [-0.1, -0.05) is 6.58 Å². The highest BCUT2D eigenvalue weighted by molar-refractivity contribution is 4.72. The smallest absolute Gasteiger partial charge is 0.0902 e. The van der Waals surface area contributed by atoms with Gasteiger partial charge in [0.05, 0.1) is 19.5 Å². The summed E-state index contributed by atoms with van der Waals surface area (Å²) in [6.45, 7) is 11.6. The molecule has 0 N–H and O–H groups in total. The minimum absolute atomic E-state index is 0.714. The molecular formula is C12H23NO2. The molecule has 0 aromatic rings. The highest BCUT2D eigenvalue weighted by Gasteiger charge is 2.18. The zero-order chi connectivity index (χ0) is 10.9. The van der Waals surface area contributed by atoms with Crippen molar-refractivity contribution in [3.05, 3.63) is 12.8 Å². The van der Waals surface area contributed by atoms with Crippen LogP contribution in [0.1, 0.15) is 19.8 Å². The third-order valence-corrected chi connectivity index (χ3v) is 2.91. The van der Waals surface area contributed by atoms with Gasteiger partial charge in [0.15, 0.2) is 0 Å². The van der Waals surface area contributed by atoms with E-state index in [1.807, 2.05) is 6.92 Å². The first-order valence-corrected chi connectivity index (χ1v) is 5.89. The Hall–Kier alpha value is -0.540. The van der Waals surface area contributed by atoms with Crippen LogP contribution in [0.3, 0.4) is 0 Å². The molecule has 0 aliphatic carbocycles. The van der Waals surface area contributed by atoms with Gasteiger partial charge in [-0.25, -0.2) is 0 Å². The van der Waals surface area contributed by atoms with Gasteiger partial charge in [0.1, 0.15) is 0 Å². The van der Waals surface area contributed by atoms with E-state index in [1.54, 1.807) is 6.26 Å². The minimum atomic E-state index is 0.714. The van der Waals surface area contributed by atoms with E-state index < -0.39 is 0 Å². The van der Waals surface area contributed by atoms with Gasteiger partial charge in [-0.05, 0) is 38.8 Å². The molecule has 0 aromatic heterocycles. The van der Waals surface area contributed by atoms with Gasteiger partial charge in [0.25, 0.3) is 0 Å². The van der Waals surface area contributed by atoms with Crippen LogP contribution >= 0.6 is 0 Å². The summed E-state index contributed by atoms with van der Waals surface area (Å²) in [5.74, 6) is 0.714. The standard InChI is InChI=1S/C12H23NO2/c1-3-14-10-9-13-7-5-12(6-8-13)11-15-4-2/h4,12H,2-3,5-11H2,1H3. The second-order valence-corrected chi connectivity index (χ2v) is 3.98. The Morgan fingerprint density at radius 3 is 2.73 bits per heavy atom. The van der Waals surface area contributed by atoms with Crippen LogP contribution < -0.4 is 0 Å². The largest absolute Gasteiger partial charge is 0.502 e. The van der Waals surface area contributed by atoms with Crippen LogP contribution in [0, 0.1) is 5.92 Å².